The summed E-state index contributed by atoms with van der Waals surface area (Å²) in [7, 11) is 1.92. The van der Waals surface area contributed by atoms with Gasteiger partial charge in [-0.15, -0.1) is 0 Å². The van der Waals surface area contributed by atoms with E-state index in [1.54, 1.807) is 10.8 Å². The summed E-state index contributed by atoms with van der Waals surface area (Å²) in [4.78, 5) is 16.6. The number of aromatic nitrogens is 3. The van der Waals surface area contributed by atoms with Gasteiger partial charge in [0.05, 0.1) is 6.54 Å². The second kappa shape index (κ2) is 4.66. The molecule has 0 aliphatic rings. The first-order chi connectivity index (χ1) is 9.15. The van der Waals surface area contributed by atoms with Crippen LogP contribution < -0.4 is 5.56 Å². The second-order valence-electron chi connectivity index (χ2n) is 4.43. The summed E-state index contributed by atoms with van der Waals surface area (Å²) in [5.74, 6) is 0.860. The molecule has 0 amide bonds. The van der Waals surface area contributed by atoms with E-state index in [-0.39, 0.29) is 5.56 Å². The van der Waals surface area contributed by atoms with Gasteiger partial charge in [0, 0.05) is 35.5 Å². The number of aryl methyl sites for hydroxylation is 1. The first kappa shape index (κ1) is 12.2. The fourth-order valence-corrected chi connectivity index (χ4v) is 2.46. The van der Waals surface area contributed by atoms with Gasteiger partial charge in [-0.2, -0.15) is 0 Å². The summed E-state index contributed by atoms with van der Waals surface area (Å²) >= 11 is 3.41. The quantitative estimate of drug-likeness (QED) is 0.728. The molecule has 19 heavy (non-hydrogen) atoms. The molecular weight excluding hydrogens is 306 g/mol. The van der Waals surface area contributed by atoms with Gasteiger partial charge in [-0.05, 0) is 29.7 Å². The molecule has 1 aromatic carbocycles. The number of benzene rings is 1. The molecule has 0 aliphatic heterocycles. The van der Waals surface area contributed by atoms with Crippen LogP contribution in [-0.2, 0) is 13.6 Å². The highest BCUT2D eigenvalue weighted by atomic mass is 79.9. The third-order valence-electron chi connectivity index (χ3n) is 3.17. The van der Waals surface area contributed by atoms with E-state index in [4.69, 9.17) is 0 Å². The van der Waals surface area contributed by atoms with Crippen LogP contribution in [0.1, 0.15) is 5.82 Å². The van der Waals surface area contributed by atoms with E-state index in [0.717, 1.165) is 21.1 Å². The van der Waals surface area contributed by atoms with Crippen molar-refractivity contribution in [1.29, 1.82) is 0 Å². The molecule has 0 saturated heterocycles. The molecule has 0 spiro atoms. The summed E-state index contributed by atoms with van der Waals surface area (Å²) in [6.07, 6.45) is 5.42. The summed E-state index contributed by atoms with van der Waals surface area (Å²) in [5, 5.41) is 1.66. The Labute approximate surface area is 118 Å². The zero-order chi connectivity index (χ0) is 13.4. The van der Waals surface area contributed by atoms with Crippen molar-refractivity contribution in [2.45, 2.75) is 6.54 Å². The topological polar surface area (TPSA) is 39.8 Å². The number of hydrogen-bond donors (Lipinski definition) is 0. The number of nitrogens with zero attached hydrogens (tertiary/aromatic N) is 3. The molecule has 96 valence electrons. The fourth-order valence-electron chi connectivity index (χ4n) is 2.08. The molecule has 0 saturated carbocycles. The van der Waals surface area contributed by atoms with E-state index in [2.05, 4.69) is 20.9 Å². The Morgan fingerprint density at radius 2 is 2.11 bits per heavy atom. The molecule has 3 rings (SSSR count). The Hall–Kier alpha value is -1.88. The van der Waals surface area contributed by atoms with Gasteiger partial charge >= 0.3 is 0 Å². The second-order valence-corrected chi connectivity index (χ2v) is 5.35. The predicted molar refractivity (Wildman–Crippen MR) is 78.2 cm³/mol. The molecule has 0 aliphatic carbocycles. The van der Waals surface area contributed by atoms with Crippen LogP contribution in [0.2, 0.25) is 0 Å². The first-order valence-corrected chi connectivity index (χ1v) is 6.69. The maximum atomic E-state index is 12.4. The summed E-state index contributed by atoms with van der Waals surface area (Å²) in [6.45, 7) is 0.480. The number of imidazole rings is 1. The molecule has 2 heterocycles. The molecule has 0 N–H and O–H groups in total. The third-order valence-corrected chi connectivity index (χ3v) is 3.66. The molecule has 0 radical (unpaired) electrons. The number of halogens is 1. The van der Waals surface area contributed by atoms with Crippen LogP contribution in [-0.4, -0.2) is 14.1 Å². The monoisotopic (exact) mass is 317 g/mol. The predicted octanol–water partition coefficient (Wildman–Crippen LogP) is 2.55. The average Bonchev–Trinajstić information content (AvgIpc) is 2.78. The van der Waals surface area contributed by atoms with E-state index in [9.17, 15) is 4.79 Å². The molecule has 0 fully saturated rings. The SMILES string of the molecule is Cn1ccnc1Cn1ccc2cc(Br)ccc2c1=O. The van der Waals surface area contributed by atoms with Crippen LogP contribution in [0.25, 0.3) is 10.8 Å². The Morgan fingerprint density at radius 3 is 2.84 bits per heavy atom. The minimum Gasteiger partial charge on any atom is -0.337 e. The lowest BCUT2D eigenvalue weighted by molar-refractivity contribution is 0.683. The van der Waals surface area contributed by atoms with Crippen molar-refractivity contribution in [1.82, 2.24) is 14.1 Å². The highest BCUT2D eigenvalue weighted by molar-refractivity contribution is 9.10. The van der Waals surface area contributed by atoms with Gasteiger partial charge in [0.25, 0.3) is 5.56 Å². The summed E-state index contributed by atoms with van der Waals surface area (Å²) in [5.41, 5.74) is 0.00741. The first-order valence-electron chi connectivity index (χ1n) is 5.90. The normalized spacial score (nSPS) is 11.1. The Balaban J connectivity index is 2.11. The van der Waals surface area contributed by atoms with Crippen molar-refractivity contribution < 1.29 is 0 Å². The lowest BCUT2D eigenvalue weighted by atomic mass is 10.2. The Morgan fingerprint density at radius 1 is 1.26 bits per heavy atom. The molecule has 0 atom stereocenters. The van der Waals surface area contributed by atoms with Crippen molar-refractivity contribution in [2.75, 3.05) is 0 Å². The van der Waals surface area contributed by atoms with E-state index in [1.165, 1.54) is 0 Å². The van der Waals surface area contributed by atoms with Crippen molar-refractivity contribution in [3.63, 3.8) is 0 Å². The zero-order valence-electron chi connectivity index (χ0n) is 10.4. The van der Waals surface area contributed by atoms with E-state index < -0.39 is 0 Å². The third kappa shape index (κ3) is 2.21. The van der Waals surface area contributed by atoms with Gasteiger partial charge in [0.2, 0.25) is 0 Å². The van der Waals surface area contributed by atoms with Crippen LogP contribution in [0.15, 0.2) is 52.1 Å². The number of rotatable bonds is 2. The number of fused-ring (bicyclic) bond motifs is 1. The van der Waals surface area contributed by atoms with E-state index in [0.29, 0.717) is 6.54 Å². The van der Waals surface area contributed by atoms with Crippen LogP contribution in [0, 0.1) is 0 Å². The Kier molecular flexibility index (Phi) is 2.98. The lowest BCUT2D eigenvalue weighted by Gasteiger charge is -2.07. The van der Waals surface area contributed by atoms with Crippen molar-refractivity contribution in [2.24, 2.45) is 7.05 Å². The minimum absolute atomic E-state index is 0.00741. The van der Waals surface area contributed by atoms with Crippen LogP contribution >= 0.6 is 15.9 Å². The molecule has 4 nitrogen and oxygen atoms in total. The van der Waals surface area contributed by atoms with Crippen LogP contribution in [0.5, 0.6) is 0 Å². The summed E-state index contributed by atoms with van der Waals surface area (Å²) in [6, 6.07) is 7.62. The fraction of sp³-hybridized carbons (Fsp3) is 0.143. The van der Waals surface area contributed by atoms with Crippen LogP contribution in [0.3, 0.4) is 0 Å². The highest BCUT2D eigenvalue weighted by Gasteiger charge is 2.06. The number of hydrogen-bond acceptors (Lipinski definition) is 2. The van der Waals surface area contributed by atoms with Crippen molar-refractivity contribution >= 4 is 26.7 Å². The van der Waals surface area contributed by atoms with Gasteiger partial charge in [-0.1, -0.05) is 15.9 Å². The van der Waals surface area contributed by atoms with Gasteiger partial charge in [-0.3, -0.25) is 4.79 Å². The smallest absolute Gasteiger partial charge is 0.258 e. The number of pyridine rings is 1. The van der Waals surface area contributed by atoms with Gasteiger partial charge in [-0.25, -0.2) is 4.98 Å². The molecule has 0 bridgehead atoms. The Bertz CT molecular complexity index is 804. The van der Waals surface area contributed by atoms with E-state index in [1.807, 2.05) is 48.3 Å². The standard InChI is InChI=1S/C14H12BrN3O/c1-17-7-5-16-13(17)9-18-6-4-10-8-11(15)2-3-12(10)14(18)19/h2-8H,9H2,1H3. The van der Waals surface area contributed by atoms with Gasteiger partial charge in [0.1, 0.15) is 5.82 Å². The average molecular weight is 318 g/mol. The molecule has 0 unspecified atom stereocenters. The summed E-state index contributed by atoms with van der Waals surface area (Å²) < 4.78 is 4.57. The van der Waals surface area contributed by atoms with E-state index >= 15 is 0 Å². The molecule has 5 heteroatoms. The van der Waals surface area contributed by atoms with Crippen LogP contribution in [0.4, 0.5) is 0 Å². The lowest BCUT2D eigenvalue weighted by Crippen LogP contribution is -2.21. The van der Waals surface area contributed by atoms with Gasteiger partial charge < -0.3 is 9.13 Å². The van der Waals surface area contributed by atoms with Crippen molar-refractivity contribution in [3.05, 3.63) is 63.5 Å². The maximum Gasteiger partial charge on any atom is 0.258 e. The molecular formula is C14H12BrN3O. The molecule has 3 aromatic rings. The van der Waals surface area contributed by atoms with Crippen molar-refractivity contribution in [3.8, 4) is 0 Å². The molecule has 2 aromatic heterocycles. The highest BCUT2D eigenvalue weighted by Crippen LogP contribution is 2.16. The van der Waals surface area contributed by atoms with Gasteiger partial charge in [0.15, 0.2) is 0 Å². The largest absolute Gasteiger partial charge is 0.337 e. The zero-order valence-corrected chi connectivity index (χ0v) is 12.0. The maximum absolute atomic E-state index is 12.4. The minimum atomic E-state index is 0.00741.